The first-order chi connectivity index (χ1) is 11.0. The molecule has 1 saturated heterocycles. The highest BCUT2D eigenvalue weighted by molar-refractivity contribution is 5.85. The summed E-state index contributed by atoms with van der Waals surface area (Å²) in [5.74, 6) is 0.756. The van der Waals surface area contributed by atoms with E-state index in [2.05, 4.69) is 0 Å². The summed E-state index contributed by atoms with van der Waals surface area (Å²) in [7, 11) is 3.44. The summed E-state index contributed by atoms with van der Waals surface area (Å²) in [5, 5.41) is 0. The lowest BCUT2D eigenvalue weighted by atomic mass is 9.83. The van der Waals surface area contributed by atoms with Crippen LogP contribution in [0.3, 0.4) is 0 Å². The van der Waals surface area contributed by atoms with Gasteiger partial charge in [-0.3, -0.25) is 9.59 Å². The Morgan fingerprint density at radius 3 is 2.74 bits per heavy atom. The van der Waals surface area contributed by atoms with E-state index in [0.717, 1.165) is 11.3 Å². The first-order valence-corrected chi connectivity index (χ1v) is 8.21. The molecule has 2 atom stereocenters. The molecular weight excluding hydrogens is 292 g/mol. The minimum absolute atomic E-state index is 0.103. The van der Waals surface area contributed by atoms with Crippen molar-refractivity contribution >= 4 is 11.8 Å². The number of hydrogen-bond donors (Lipinski definition) is 0. The van der Waals surface area contributed by atoms with Crippen LogP contribution < -0.4 is 4.74 Å². The minimum atomic E-state index is -0.224. The van der Waals surface area contributed by atoms with Crippen LogP contribution in [0.25, 0.3) is 0 Å². The number of ether oxygens (including phenoxy) is 1. The Morgan fingerprint density at radius 2 is 2.13 bits per heavy atom. The van der Waals surface area contributed by atoms with Crippen LogP contribution in [0.1, 0.15) is 38.3 Å². The van der Waals surface area contributed by atoms with Crippen molar-refractivity contribution in [3.05, 3.63) is 29.8 Å². The highest BCUT2D eigenvalue weighted by atomic mass is 16.5. The summed E-state index contributed by atoms with van der Waals surface area (Å²) in [4.78, 5) is 28.7. The molecule has 1 aromatic rings. The second-order valence-electron chi connectivity index (χ2n) is 5.90. The van der Waals surface area contributed by atoms with Gasteiger partial charge in [0.1, 0.15) is 5.75 Å². The van der Waals surface area contributed by atoms with Crippen LogP contribution in [0.4, 0.5) is 0 Å². The molecular formula is C18H26N2O3. The Hall–Kier alpha value is -2.04. The van der Waals surface area contributed by atoms with E-state index in [4.69, 9.17) is 4.74 Å². The zero-order valence-corrected chi connectivity index (χ0v) is 14.4. The van der Waals surface area contributed by atoms with Crippen LogP contribution in [-0.4, -0.2) is 48.9 Å². The molecule has 1 heterocycles. The van der Waals surface area contributed by atoms with Gasteiger partial charge in [0.25, 0.3) is 0 Å². The number of piperidine rings is 1. The van der Waals surface area contributed by atoms with Gasteiger partial charge in [0.2, 0.25) is 11.8 Å². The average molecular weight is 318 g/mol. The van der Waals surface area contributed by atoms with Crippen molar-refractivity contribution in [2.75, 3.05) is 27.2 Å². The van der Waals surface area contributed by atoms with Crippen molar-refractivity contribution in [1.29, 1.82) is 0 Å². The molecule has 2 rings (SSSR count). The summed E-state index contributed by atoms with van der Waals surface area (Å²) < 4.78 is 5.31. The zero-order valence-electron chi connectivity index (χ0n) is 14.4. The molecule has 0 bridgehead atoms. The molecule has 5 heteroatoms. The smallest absolute Gasteiger partial charge is 0.227 e. The SMILES string of the molecule is CCN(C)C(=O)[C@@H]1CCC(=O)N(CC)[C@H]1c1cccc(OC)c1. The number of benzene rings is 1. The topological polar surface area (TPSA) is 49.9 Å². The summed E-state index contributed by atoms with van der Waals surface area (Å²) in [6.07, 6.45) is 1.03. The molecule has 23 heavy (non-hydrogen) atoms. The molecule has 1 aliphatic heterocycles. The minimum Gasteiger partial charge on any atom is -0.497 e. The molecule has 1 aliphatic rings. The van der Waals surface area contributed by atoms with Gasteiger partial charge in [-0.2, -0.15) is 0 Å². The Morgan fingerprint density at radius 1 is 1.39 bits per heavy atom. The predicted octanol–water partition coefficient (Wildman–Crippen LogP) is 2.47. The molecule has 0 unspecified atom stereocenters. The molecule has 0 aromatic heterocycles. The van der Waals surface area contributed by atoms with Crippen LogP contribution in [0.2, 0.25) is 0 Å². The molecule has 0 saturated carbocycles. The van der Waals surface area contributed by atoms with Crippen LogP contribution >= 0.6 is 0 Å². The Labute approximate surface area is 138 Å². The van der Waals surface area contributed by atoms with Gasteiger partial charge in [-0.1, -0.05) is 12.1 Å². The van der Waals surface area contributed by atoms with Gasteiger partial charge < -0.3 is 14.5 Å². The van der Waals surface area contributed by atoms with Crippen molar-refractivity contribution in [1.82, 2.24) is 9.80 Å². The van der Waals surface area contributed by atoms with Gasteiger partial charge >= 0.3 is 0 Å². The standard InChI is InChI=1S/C18H26N2O3/c1-5-19(3)18(22)15-10-11-16(21)20(6-2)17(15)13-8-7-9-14(12-13)23-4/h7-9,12,15,17H,5-6,10-11H2,1-4H3/t15-,17+/m1/s1. The first-order valence-electron chi connectivity index (χ1n) is 8.21. The van der Waals surface area contributed by atoms with E-state index in [9.17, 15) is 9.59 Å². The summed E-state index contributed by atoms with van der Waals surface area (Å²) in [6.45, 7) is 5.19. The molecule has 5 nitrogen and oxygen atoms in total. The van der Waals surface area contributed by atoms with Gasteiger partial charge in [0.05, 0.1) is 19.1 Å². The van der Waals surface area contributed by atoms with Crippen molar-refractivity contribution < 1.29 is 14.3 Å². The average Bonchev–Trinajstić information content (AvgIpc) is 2.60. The van der Waals surface area contributed by atoms with Crippen LogP contribution in [0.5, 0.6) is 5.75 Å². The molecule has 0 radical (unpaired) electrons. The highest BCUT2D eigenvalue weighted by Crippen LogP contribution is 2.38. The van der Waals surface area contributed by atoms with E-state index in [1.165, 1.54) is 0 Å². The third kappa shape index (κ3) is 3.49. The molecule has 0 N–H and O–H groups in total. The summed E-state index contributed by atoms with van der Waals surface area (Å²) in [6, 6.07) is 7.46. The molecule has 126 valence electrons. The van der Waals surface area contributed by atoms with E-state index in [0.29, 0.717) is 25.9 Å². The van der Waals surface area contributed by atoms with Crippen LogP contribution in [0, 0.1) is 5.92 Å². The zero-order chi connectivity index (χ0) is 17.0. The van der Waals surface area contributed by atoms with E-state index in [1.807, 2.05) is 50.1 Å². The number of amides is 2. The number of hydrogen-bond acceptors (Lipinski definition) is 3. The van der Waals surface area contributed by atoms with Crippen molar-refractivity contribution in [3.8, 4) is 5.75 Å². The van der Waals surface area contributed by atoms with Crippen molar-refractivity contribution in [3.63, 3.8) is 0 Å². The quantitative estimate of drug-likeness (QED) is 0.838. The van der Waals surface area contributed by atoms with Gasteiger partial charge in [0.15, 0.2) is 0 Å². The largest absolute Gasteiger partial charge is 0.497 e. The van der Waals surface area contributed by atoms with E-state index in [-0.39, 0.29) is 23.8 Å². The van der Waals surface area contributed by atoms with Gasteiger partial charge in [-0.15, -0.1) is 0 Å². The number of methoxy groups -OCH3 is 1. The van der Waals surface area contributed by atoms with E-state index in [1.54, 1.807) is 12.0 Å². The predicted molar refractivity (Wildman–Crippen MR) is 89.2 cm³/mol. The van der Waals surface area contributed by atoms with Crippen LogP contribution in [-0.2, 0) is 9.59 Å². The maximum atomic E-state index is 12.8. The molecule has 2 amide bonds. The first kappa shape index (κ1) is 17.3. The molecule has 0 spiro atoms. The fraction of sp³-hybridized carbons (Fsp3) is 0.556. The maximum absolute atomic E-state index is 12.8. The lowest BCUT2D eigenvalue weighted by Crippen LogP contribution is -2.48. The molecule has 0 aliphatic carbocycles. The normalized spacial score (nSPS) is 21.2. The number of rotatable bonds is 5. The fourth-order valence-electron chi connectivity index (χ4n) is 3.26. The van der Waals surface area contributed by atoms with Gasteiger partial charge in [0, 0.05) is 26.6 Å². The Balaban J connectivity index is 2.43. The third-order valence-electron chi connectivity index (χ3n) is 4.65. The van der Waals surface area contributed by atoms with Crippen molar-refractivity contribution in [2.24, 2.45) is 5.92 Å². The lowest BCUT2D eigenvalue weighted by molar-refractivity contribution is -0.147. The number of carbonyl (C=O) groups excluding carboxylic acids is 2. The fourth-order valence-corrected chi connectivity index (χ4v) is 3.26. The monoisotopic (exact) mass is 318 g/mol. The maximum Gasteiger partial charge on any atom is 0.227 e. The van der Waals surface area contributed by atoms with Crippen LogP contribution in [0.15, 0.2) is 24.3 Å². The summed E-state index contributed by atoms with van der Waals surface area (Å²) in [5.41, 5.74) is 0.960. The lowest BCUT2D eigenvalue weighted by Gasteiger charge is -2.41. The molecule has 1 aromatic carbocycles. The van der Waals surface area contributed by atoms with E-state index < -0.39 is 0 Å². The summed E-state index contributed by atoms with van der Waals surface area (Å²) >= 11 is 0. The Kier molecular flexibility index (Phi) is 5.64. The van der Waals surface area contributed by atoms with Crippen molar-refractivity contribution in [2.45, 2.75) is 32.7 Å². The van der Waals surface area contributed by atoms with Gasteiger partial charge in [-0.25, -0.2) is 0 Å². The third-order valence-corrected chi connectivity index (χ3v) is 4.65. The number of nitrogens with zero attached hydrogens (tertiary/aromatic N) is 2. The van der Waals surface area contributed by atoms with E-state index >= 15 is 0 Å². The highest BCUT2D eigenvalue weighted by Gasteiger charge is 2.40. The van der Waals surface area contributed by atoms with Gasteiger partial charge in [-0.05, 0) is 38.0 Å². The molecule has 1 fully saturated rings. The number of carbonyl (C=O) groups is 2. The second-order valence-corrected chi connectivity index (χ2v) is 5.90. The second kappa shape index (κ2) is 7.49. The Bertz CT molecular complexity index is 573. The number of likely N-dealkylation sites (tertiary alicyclic amines) is 1.